The predicted molar refractivity (Wildman–Crippen MR) is 35.0 cm³/mol. The summed E-state index contributed by atoms with van der Waals surface area (Å²) in [4.78, 5) is 0. The normalized spacial score (nSPS) is 10.1. The lowest BCUT2D eigenvalue weighted by atomic mass is 10.1. The van der Waals surface area contributed by atoms with Gasteiger partial charge in [-0.05, 0) is 11.5 Å². The summed E-state index contributed by atoms with van der Waals surface area (Å²) in [5.41, 5.74) is 1.12. The van der Waals surface area contributed by atoms with Crippen LogP contribution in [-0.4, -0.2) is 10.2 Å². The maximum absolute atomic E-state index is 3.72. The predicted octanol–water partition coefficient (Wildman–Crippen LogP) is 1.40. The molecule has 1 aromatic rings. The summed E-state index contributed by atoms with van der Waals surface area (Å²) in [6.07, 6.45) is 3.33. The van der Waals surface area contributed by atoms with Crippen molar-refractivity contribution in [1.82, 2.24) is 10.2 Å². The van der Waals surface area contributed by atoms with Crippen LogP contribution in [0.2, 0.25) is 0 Å². The van der Waals surface area contributed by atoms with E-state index in [1.807, 2.05) is 0 Å². The van der Waals surface area contributed by atoms with Crippen LogP contribution in [0.1, 0.15) is 25.3 Å². The lowest BCUT2D eigenvalue weighted by molar-refractivity contribution is 0.838. The van der Waals surface area contributed by atoms with E-state index >= 15 is 0 Å². The van der Waals surface area contributed by atoms with Gasteiger partial charge in [0.15, 0.2) is 0 Å². The average molecular weight is 121 g/mol. The molecule has 0 aliphatic carbocycles. The SMILES string of the molecule is CC(C)c1[c]cnnc1. The zero-order valence-corrected chi connectivity index (χ0v) is 5.63. The first-order valence-corrected chi connectivity index (χ1v) is 2.99. The first-order chi connectivity index (χ1) is 4.30. The highest BCUT2D eigenvalue weighted by atomic mass is 15.1. The molecule has 0 N–H and O–H groups in total. The van der Waals surface area contributed by atoms with Gasteiger partial charge in [0.2, 0.25) is 0 Å². The molecule has 1 aromatic heterocycles. The van der Waals surface area contributed by atoms with Crippen molar-refractivity contribution in [3.05, 3.63) is 24.0 Å². The fourth-order valence-electron chi connectivity index (χ4n) is 0.585. The number of hydrogen-bond acceptors (Lipinski definition) is 2. The second-order valence-electron chi connectivity index (χ2n) is 2.24. The monoisotopic (exact) mass is 121 g/mol. The maximum Gasteiger partial charge on any atom is 0.0578 e. The molecule has 0 bridgehead atoms. The van der Waals surface area contributed by atoms with Crippen molar-refractivity contribution >= 4 is 0 Å². The molecular weight excluding hydrogens is 112 g/mol. The summed E-state index contributed by atoms with van der Waals surface area (Å²) in [7, 11) is 0. The third-order valence-corrected chi connectivity index (χ3v) is 1.17. The van der Waals surface area contributed by atoms with E-state index in [2.05, 4.69) is 30.1 Å². The Bertz CT molecular complexity index is 170. The van der Waals surface area contributed by atoms with E-state index in [1.165, 1.54) is 0 Å². The lowest BCUT2D eigenvalue weighted by Gasteiger charge is -1.99. The van der Waals surface area contributed by atoms with Crippen molar-refractivity contribution in [2.45, 2.75) is 19.8 Å². The van der Waals surface area contributed by atoms with E-state index in [9.17, 15) is 0 Å². The minimum Gasteiger partial charge on any atom is -0.159 e. The highest BCUT2D eigenvalue weighted by Gasteiger charge is 1.95. The Morgan fingerprint density at radius 1 is 1.44 bits per heavy atom. The van der Waals surface area contributed by atoms with Gasteiger partial charge in [0.25, 0.3) is 0 Å². The second kappa shape index (κ2) is 2.58. The van der Waals surface area contributed by atoms with E-state index in [4.69, 9.17) is 0 Å². The van der Waals surface area contributed by atoms with E-state index in [1.54, 1.807) is 12.4 Å². The van der Waals surface area contributed by atoms with Gasteiger partial charge in [-0.15, -0.1) is 0 Å². The highest BCUT2D eigenvalue weighted by molar-refractivity contribution is 5.07. The third kappa shape index (κ3) is 1.49. The van der Waals surface area contributed by atoms with Gasteiger partial charge in [0.05, 0.1) is 12.4 Å². The topological polar surface area (TPSA) is 25.8 Å². The Morgan fingerprint density at radius 2 is 2.22 bits per heavy atom. The van der Waals surface area contributed by atoms with Crippen LogP contribution in [0.15, 0.2) is 12.4 Å². The molecule has 0 spiro atoms. The Labute approximate surface area is 54.9 Å². The summed E-state index contributed by atoms with van der Waals surface area (Å²) < 4.78 is 0. The standard InChI is InChI=1S/C7H9N2/c1-6(2)7-3-4-8-9-5-7/h4-6H,1-2H3. The highest BCUT2D eigenvalue weighted by Crippen LogP contribution is 2.08. The summed E-state index contributed by atoms with van der Waals surface area (Å²) >= 11 is 0. The van der Waals surface area contributed by atoms with Crippen molar-refractivity contribution in [2.24, 2.45) is 0 Å². The number of aromatic nitrogens is 2. The average Bonchev–Trinajstić information content (AvgIpc) is 1.90. The molecule has 0 saturated heterocycles. The Morgan fingerprint density at radius 3 is 2.56 bits per heavy atom. The summed E-state index contributed by atoms with van der Waals surface area (Å²) in [6.45, 7) is 4.21. The van der Waals surface area contributed by atoms with Crippen molar-refractivity contribution in [1.29, 1.82) is 0 Å². The fraction of sp³-hybridized carbons (Fsp3) is 0.429. The molecule has 1 heterocycles. The van der Waals surface area contributed by atoms with Gasteiger partial charge < -0.3 is 0 Å². The van der Waals surface area contributed by atoms with Crippen LogP contribution in [0.3, 0.4) is 0 Å². The van der Waals surface area contributed by atoms with Gasteiger partial charge in [0, 0.05) is 6.07 Å². The van der Waals surface area contributed by atoms with Crippen LogP contribution in [0.25, 0.3) is 0 Å². The molecule has 0 aromatic carbocycles. The van der Waals surface area contributed by atoms with E-state index in [0.29, 0.717) is 5.92 Å². The van der Waals surface area contributed by atoms with Gasteiger partial charge in [-0.2, -0.15) is 10.2 Å². The van der Waals surface area contributed by atoms with Crippen LogP contribution >= 0.6 is 0 Å². The van der Waals surface area contributed by atoms with Gasteiger partial charge in [0.1, 0.15) is 0 Å². The van der Waals surface area contributed by atoms with Gasteiger partial charge >= 0.3 is 0 Å². The van der Waals surface area contributed by atoms with Gasteiger partial charge in [-0.25, -0.2) is 0 Å². The van der Waals surface area contributed by atoms with Crippen LogP contribution < -0.4 is 0 Å². The third-order valence-electron chi connectivity index (χ3n) is 1.17. The minimum absolute atomic E-state index is 0.500. The molecule has 2 nitrogen and oxygen atoms in total. The molecule has 0 fully saturated rings. The Hall–Kier alpha value is -0.920. The summed E-state index contributed by atoms with van der Waals surface area (Å²) in [5, 5.41) is 7.35. The van der Waals surface area contributed by atoms with Crippen LogP contribution in [0.4, 0.5) is 0 Å². The summed E-state index contributed by atoms with van der Waals surface area (Å²) in [5.74, 6) is 0.500. The molecule has 47 valence electrons. The van der Waals surface area contributed by atoms with Crippen LogP contribution in [0.5, 0.6) is 0 Å². The molecule has 0 saturated carbocycles. The molecule has 0 unspecified atom stereocenters. The van der Waals surface area contributed by atoms with E-state index < -0.39 is 0 Å². The molecule has 0 aliphatic rings. The maximum atomic E-state index is 3.72. The minimum atomic E-state index is 0.500. The first kappa shape index (κ1) is 6.20. The number of hydrogen-bond donors (Lipinski definition) is 0. The molecule has 0 atom stereocenters. The lowest BCUT2D eigenvalue weighted by Crippen LogP contribution is -1.89. The van der Waals surface area contributed by atoms with E-state index in [0.717, 1.165) is 5.56 Å². The molecule has 2 heteroatoms. The molecule has 1 radical (unpaired) electrons. The number of nitrogens with zero attached hydrogens (tertiary/aromatic N) is 2. The largest absolute Gasteiger partial charge is 0.159 e. The van der Waals surface area contributed by atoms with Crippen molar-refractivity contribution in [3.63, 3.8) is 0 Å². The van der Waals surface area contributed by atoms with Crippen molar-refractivity contribution in [3.8, 4) is 0 Å². The zero-order valence-electron chi connectivity index (χ0n) is 5.63. The van der Waals surface area contributed by atoms with Crippen molar-refractivity contribution < 1.29 is 0 Å². The molecule has 1 rings (SSSR count). The quantitative estimate of drug-likeness (QED) is 0.561. The van der Waals surface area contributed by atoms with Gasteiger partial charge in [-0.1, -0.05) is 13.8 Å². The molecule has 0 amide bonds. The Kier molecular flexibility index (Phi) is 1.78. The summed E-state index contributed by atoms with van der Waals surface area (Å²) in [6, 6.07) is 2.99. The molecular formula is C7H9N2. The molecule has 0 aliphatic heterocycles. The van der Waals surface area contributed by atoms with E-state index in [-0.39, 0.29) is 0 Å². The van der Waals surface area contributed by atoms with Crippen LogP contribution in [-0.2, 0) is 0 Å². The first-order valence-electron chi connectivity index (χ1n) is 2.99. The van der Waals surface area contributed by atoms with Crippen LogP contribution in [0, 0.1) is 6.07 Å². The zero-order chi connectivity index (χ0) is 6.69. The smallest absolute Gasteiger partial charge is 0.0578 e. The Balaban J connectivity index is 2.85. The number of rotatable bonds is 1. The van der Waals surface area contributed by atoms with Gasteiger partial charge in [-0.3, -0.25) is 0 Å². The fourth-order valence-corrected chi connectivity index (χ4v) is 0.585. The van der Waals surface area contributed by atoms with Crippen molar-refractivity contribution in [2.75, 3.05) is 0 Å². The molecule has 9 heavy (non-hydrogen) atoms. The second-order valence-corrected chi connectivity index (χ2v) is 2.24.